The molecule has 2 aromatic heterocycles. The maximum absolute atomic E-state index is 5.91. The van der Waals surface area contributed by atoms with E-state index in [0.29, 0.717) is 5.11 Å². The number of hydrogen-bond donors (Lipinski definition) is 1. The zero-order valence-electron chi connectivity index (χ0n) is 19.9. The SMILES string of the molecule is Cc1ccccc1-n1c(C)cc([C@H]2[C@H](c3ccccn3)NC(=S)N2c2ccc3c(c2)OCO3)c1C. The molecular weight excluding hydrogens is 456 g/mol. The fourth-order valence-corrected chi connectivity index (χ4v) is 5.60. The predicted octanol–water partition coefficient (Wildman–Crippen LogP) is 5.70. The van der Waals surface area contributed by atoms with Crippen LogP contribution < -0.4 is 19.7 Å². The van der Waals surface area contributed by atoms with Crippen molar-refractivity contribution in [1.82, 2.24) is 14.9 Å². The number of anilines is 1. The average molecular weight is 483 g/mol. The van der Waals surface area contributed by atoms with Crippen molar-refractivity contribution in [3.05, 3.63) is 101 Å². The molecule has 2 atom stereocenters. The van der Waals surface area contributed by atoms with E-state index in [-0.39, 0.29) is 18.9 Å². The topological polar surface area (TPSA) is 51.6 Å². The lowest BCUT2D eigenvalue weighted by Crippen LogP contribution is -2.29. The summed E-state index contributed by atoms with van der Waals surface area (Å²) < 4.78 is 13.5. The monoisotopic (exact) mass is 482 g/mol. The summed E-state index contributed by atoms with van der Waals surface area (Å²) in [5.74, 6) is 1.48. The molecule has 176 valence electrons. The van der Waals surface area contributed by atoms with Crippen LogP contribution in [0.1, 0.15) is 40.3 Å². The number of thiocarbonyl (C=S) groups is 1. The van der Waals surface area contributed by atoms with Crippen molar-refractivity contribution in [3.8, 4) is 17.2 Å². The van der Waals surface area contributed by atoms with E-state index in [9.17, 15) is 0 Å². The van der Waals surface area contributed by atoms with Gasteiger partial charge in [0.2, 0.25) is 6.79 Å². The van der Waals surface area contributed by atoms with Crippen molar-refractivity contribution < 1.29 is 9.47 Å². The van der Waals surface area contributed by atoms with Gasteiger partial charge in [-0.3, -0.25) is 4.98 Å². The highest BCUT2D eigenvalue weighted by atomic mass is 32.1. The molecule has 1 saturated heterocycles. The summed E-state index contributed by atoms with van der Waals surface area (Å²) in [5, 5.41) is 4.21. The Balaban J connectivity index is 1.52. The number of hydrogen-bond acceptors (Lipinski definition) is 4. The number of nitrogens with zero attached hydrogens (tertiary/aromatic N) is 3. The fraction of sp³-hybridized carbons (Fsp3) is 0.214. The second kappa shape index (κ2) is 8.43. The standard InChI is InChI=1S/C28H26N4O2S/c1-17-8-4-5-10-23(17)31-18(2)14-21(19(31)3)27-26(22-9-6-7-13-29-22)30-28(35)32(27)20-11-12-24-25(15-20)34-16-33-24/h4-15,26-27H,16H2,1-3H3,(H,30,35)/t26-,27-/m0/s1. The summed E-state index contributed by atoms with van der Waals surface area (Å²) in [6.07, 6.45) is 1.83. The van der Waals surface area contributed by atoms with Crippen molar-refractivity contribution in [1.29, 1.82) is 0 Å². The molecule has 0 saturated carbocycles. The van der Waals surface area contributed by atoms with Crippen molar-refractivity contribution in [2.75, 3.05) is 11.7 Å². The first kappa shape index (κ1) is 21.7. The van der Waals surface area contributed by atoms with Crippen LogP contribution in [0.25, 0.3) is 5.69 Å². The van der Waals surface area contributed by atoms with Crippen molar-refractivity contribution in [3.63, 3.8) is 0 Å². The minimum atomic E-state index is -0.111. The highest BCUT2D eigenvalue weighted by molar-refractivity contribution is 7.80. The van der Waals surface area contributed by atoms with Crippen LogP contribution in [0.2, 0.25) is 0 Å². The number of benzene rings is 2. The van der Waals surface area contributed by atoms with E-state index in [1.54, 1.807) is 0 Å². The van der Waals surface area contributed by atoms with Crippen LogP contribution in [0.5, 0.6) is 11.5 Å². The first-order chi connectivity index (χ1) is 17.0. The number of ether oxygens (including phenoxy) is 2. The lowest BCUT2D eigenvalue weighted by Gasteiger charge is -2.28. The molecule has 2 aromatic carbocycles. The Bertz CT molecular complexity index is 1430. The summed E-state index contributed by atoms with van der Waals surface area (Å²) >= 11 is 5.91. The maximum Gasteiger partial charge on any atom is 0.231 e. The van der Waals surface area contributed by atoms with Gasteiger partial charge in [0, 0.05) is 35.0 Å². The van der Waals surface area contributed by atoms with Crippen molar-refractivity contribution in [2.24, 2.45) is 0 Å². The molecule has 0 amide bonds. The average Bonchev–Trinajstić information content (AvgIpc) is 3.55. The largest absolute Gasteiger partial charge is 0.454 e. The molecule has 4 aromatic rings. The van der Waals surface area contributed by atoms with E-state index >= 15 is 0 Å². The Labute approximate surface area is 210 Å². The molecule has 1 N–H and O–H groups in total. The minimum Gasteiger partial charge on any atom is -0.454 e. The van der Waals surface area contributed by atoms with Gasteiger partial charge >= 0.3 is 0 Å². The Morgan fingerprint density at radius 1 is 0.943 bits per heavy atom. The Kier molecular flexibility index (Phi) is 5.22. The summed E-state index contributed by atoms with van der Waals surface area (Å²) in [6, 6.07) is 22.5. The molecule has 0 radical (unpaired) electrons. The van der Waals surface area contributed by atoms with Crippen LogP contribution in [0.4, 0.5) is 5.69 Å². The zero-order valence-corrected chi connectivity index (χ0v) is 20.7. The summed E-state index contributed by atoms with van der Waals surface area (Å²) in [4.78, 5) is 6.87. The second-order valence-electron chi connectivity index (χ2n) is 8.98. The van der Waals surface area contributed by atoms with Gasteiger partial charge in [-0.1, -0.05) is 24.3 Å². The van der Waals surface area contributed by atoms with E-state index in [2.05, 4.69) is 76.9 Å². The highest BCUT2D eigenvalue weighted by Crippen LogP contribution is 2.46. The number of rotatable bonds is 4. The van der Waals surface area contributed by atoms with Gasteiger partial charge in [0.05, 0.1) is 17.8 Å². The van der Waals surface area contributed by atoms with Crippen LogP contribution >= 0.6 is 12.2 Å². The normalized spacial score (nSPS) is 18.7. The molecular formula is C28H26N4O2S. The first-order valence-electron chi connectivity index (χ1n) is 11.7. The molecule has 6 rings (SSSR count). The molecule has 0 spiro atoms. The highest BCUT2D eigenvalue weighted by Gasteiger charge is 2.42. The summed E-state index contributed by atoms with van der Waals surface area (Å²) in [7, 11) is 0. The Morgan fingerprint density at radius 3 is 2.54 bits per heavy atom. The van der Waals surface area contributed by atoms with Gasteiger partial charge in [-0.05, 0) is 80.5 Å². The maximum atomic E-state index is 5.91. The minimum absolute atomic E-state index is 0.0956. The number of aromatic nitrogens is 2. The fourth-order valence-electron chi connectivity index (χ4n) is 5.26. The van der Waals surface area contributed by atoms with E-state index in [1.165, 1.54) is 28.2 Å². The van der Waals surface area contributed by atoms with E-state index in [1.807, 2.05) is 36.5 Å². The van der Waals surface area contributed by atoms with Crippen LogP contribution in [-0.4, -0.2) is 21.5 Å². The van der Waals surface area contributed by atoms with Gasteiger partial charge in [0.15, 0.2) is 16.6 Å². The Morgan fingerprint density at radius 2 is 1.74 bits per heavy atom. The predicted molar refractivity (Wildman–Crippen MR) is 140 cm³/mol. The molecule has 7 heteroatoms. The van der Waals surface area contributed by atoms with E-state index in [4.69, 9.17) is 21.7 Å². The smallest absolute Gasteiger partial charge is 0.231 e. The van der Waals surface area contributed by atoms with Crippen molar-refractivity contribution >= 4 is 23.0 Å². The zero-order chi connectivity index (χ0) is 24.1. The third-order valence-electron chi connectivity index (χ3n) is 6.88. The molecule has 6 nitrogen and oxygen atoms in total. The van der Waals surface area contributed by atoms with Gasteiger partial charge in [-0.15, -0.1) is 0 Å². The van der Waals surface area contributed by atoms with Crippen molar-refractivity contribution in [2.45, 2.75) is 32.9 Å². The van der Waals surface area contributed by atoms with Gasteiger partial charge in [-0.25, -0.2) is 0 Å². The number of para-hydroxylation sites is 1. The molecule has 2 aliphatic heterocycles. The summed E-state index contributed by atoms with van der Waals surface area (Å²) in [5.41, 5.74) is 7.88. The third-order valence-corrected chi connectivity index (χ3v) is 7.19. The molecule has 4 heterocycles. The van der Waals surface area contributed by atoms with Gasteiger partial charge < -0.3 is 24.3 Å². The lowest BCUT2D eigenvalue weighted by molar-refractivity contribution is 0.174. The first-order valence-corrected chi connectivity index (χ1v) is 12.1. The molecule has 0 aliphatic carbocycles. The van der Waals surface area contributed by atoms with Gasteiger partial charge in [0.1, 0.15) is 0 Å². The van der Waals surface area contributed by atoms with Crippen LogP contribution in [0, 0.1) is 20.8 Å². The Hall–Kier alpha value is -3.84. The summed E-state index contributed by atoms with van der Waals surface area (Å²) in [6.45, 7) is 6.72. The quantitative estimate of drug-likeness (QED) is 0.377. The van der Waals surface area contributed by atoms with Gasteiger partial charge in [0.25, 0.3) is 0 Å². The molecule has 1 fully saturated rings. The molecule has 35 heavy (non-hydrogen) atoms. The van der Waals surface area contributed by atoms with Gasteiger partial charge in [-0.2, -0.15) is 0 Å². The van der Waals surface area contributed by atoms with Crippen LogP contribution in [0.15, 0.2) is 72.9 Å². The second-order valence-corrected chi connectivity index (χ2v) is 9.37. The van der Waals surface area contributed by atoms with E-state index < -0.39 is 0 Å². The molecule has 0 bridgehead atoms. The number of pyridine rings is 1. The third kappa shape index (κ3) is 3.54. The van der Waals surface area contributed by atoms with Crippen LogP contribution in [0.3, 0.4) is 0 Å². The number of nitrogens with one attached hydrogen (secondary N) is 1. The van der Waals surface area contributed by atoms with E-state index in [0.717, 1.165) is 22.9 Å². The number of fused-ring (bicyclic) bond motifs is 1. The number of aryl methyl sites for hydroxylation is 2. The molecule has 0 unspecified atom stereocenters. The molecule has 2 aliphatic rings. The lowest BCUT2D eigenvalue weighted by atomic mass is 9.96. The van der Waals surface area contributed by atoms with Crippen LogP contribution in [-0.2, 0) is 0 Å².